The average molecular weight is 410 g/mol. The van der Waals surface area contributed by atoms with Gasteiger partial charge in [-0.15, -0.1) is 0 Å². The Morgan fingerprint density at radius 1 is 1.39 bits per heavy atom. The van der Waals surface area contributed by atoms with Crippen LogP contribution in [0.25, 0.3) is 11.4 Å². The Balaban J connectivity index is 1.61. The van der Waals surface area contributed by atoms with Gasteiger partial charge in [0.2, 0.25) is 27.6 Å². The van der Waals surface area contributed by atoms with E-state index in [0.29, 0.717) is 25.4 Å². The number of likely N-dealkylation sites (N-methyl/N-ethyl adjacent to an activating group) is 1. The zero-order chi connectivity index (χ0) is 20.3. The summed E-state index contributed by atoms with van der Waals surface area (Å²) in [5, 5.41) is 3.85. The summed E-state index contributed by atoms with van der Waals surface area (Å²) >= 11 is 0. The molecule has 1 saturated heterocycles. The summed E-state index contributed by atoms with van der Waals surface area (Å²) in [6.07, 6.45) is 3.26. The first-order valence-electron chi connectivity index (χ1n) is 9.00. The summed E-state index contributed by atoms with van der Waals surface area (Å²) in [5.41, 5.74) is 0.279. The van der Waals surface area contributed by atoms with E-state index < -0.39 is 15.8 Å². The van der Waals surface area contributed by atoms with Gasteiger partial charge in [-0.25, -0.2) is 12.8 Å². The zero-order valence-corrected chi connectivity index (χ0v) is 16.7. The van der Waals surface area contributed by atoms with Gasteiger partial charge in [-0.2, -0.15) is 9.29 Å². The number of likely N-dealkylation sites (tertiary alicyclic amines) is 1. The second-order valence-electron chi connectivity index (χ2n) is 7.06. The number of hydrogen-bond acceptors (Lipinski definition) is 6. The van der Waals surface area contributed by atoms with Crippen molar-refractivity contribution in [1.29, 1.82) is 0 Å². The number of halogens is 1. The molecule has 1 aliphatic heterocycles. The summed E-state index contributed by atoms with van der Waals surface area (Å²) in [5.74, 6) is 0.0714. The average Bonchev–Trinajstić information content (AvgIpc) is 3.09. The van der Waals surface area contributed by atoms with E-state index in [1.807, 2.05) is 0 Å². The molecule has 1 aromatic carbocycles. The van der Waals surface area contributed by atoms with Crippen LogP contribution in [0.1, 0.15) is 18.7 Å². The molecule has 0 bridgehead atoms. The van der Waals surface area contributed by atoms with Crippen molar-refractivity contribution >= 4 is 15.9 Å². The van der Waals surface area contributed by atoms with Crippen LogP contribution in [0.15, 0.2) is 28.8 Å². The summed E-state index contributed by atoms with van der Waals surface area (Å²) in [4.78, 5) is 18.4. The third kappa shape index (κ3) is 4.93. The van der Waals surface area contributed by atoms with Gasteiger partial charge in [-0.05, 0) is 30.9 Å². The van der Waals surface area contributed by atoms with Crippen LogP contribution < -0.4 is 0 Å². The quantitative estimate of drug-likeness (QED) is 0.717. The van der Waals surface area contributed by atoms with Gasteiger partial charge in [0, 0.05) is 26.6 Å². The second-order valence-corrected chi connectivity index (χ2v) is 9.15. The summed E-state index contributed by atoms with van der Waals surface area (Å²) in [7, 11) is -2.02. The first kappa shape index (κ1) is 20.4. The monoisotopic (exact) mass is 410 g/mol. The number of benzene rings is 1. The van der Waals surface area contributed by atoms with Crippen LogP contribution in [-0.4, -0.2) is 66.6 Å². The van der Waals surface area contributed by atoms with Gasteiger partial charge < -0.3 is 9.42 Å². The zero-order valence-electron chi connectivity index (χ0n) is 15.8. The molecule has 3 rings (SSSR count). The Labute approximate surface area is 163 Å². The molecule has 10 heteroatoms. The van der Waals surface area contributed by atoms with Gasteiger partial charge in [0.05, 0.1) is 18.4 Å². The molecule has 0 spiro atoms. The van der Waals surface area contributed by atoms with Gasteiger partial charge in [-0.1, -0.05) is 17.3 Å². The van der Waals surface area contributed by atoms with Gasteiger partial charge >= 0.3 is 0 Å². The lowest BCUT2D eigenvalue weighted by Crippen LogP contribution is -2.45. The topological polar surface area (TPSA) is 96.6 Å². The lowest BCUT2D eigenvalue weighted by molar-refractivity contribution is -0.133. The Bertz CT molecular complexity index is 947. The molecule has 0 radical (unpaired) electrons. The highest BCUT2D eigenvalue weighted by Crippen LogP contribution is 2.23. The molecule has 1 amide bonds. The Kier molecular flexibility index (Phi) is 6.09. The van der Waals surface area contributed by atoms with Crippen molar-refractivity contribution < 1.29 is 22.1 Å². The van der Waals surface area contributed by atoms with E-state index in [4.69, 9.17) is 4.52 Å². The minimum absolute atomic E-state index is 0.121. The number of aromatic nitrogens is 2. The first-order chi connectivity index (χ1) is 13.2. The van der Waals surface area contributed by atoms with Crippen LogP contribution >= 0.6 is 0 Å². The Morgan fingerprint density at radius 3 is 2.86 bits per heavy atom. The minimum Gasteiger partial charge on any atom is -0.341 e. The van der Waals surface area contributed by atoms with Gasteiger partial charge in [0.15, 0.2) is 0 Å². The van der Waals surface area contributed by atoms with Crippen molar-refractivity contribution in [2.24, 2.45) is 5.92 Å². The number of rotatable bonds is 6. The molecule has 28 heavy (non-hydrogen) atoms. The number of piperidine rings is 1. The molecule has 1 atom stereocenters. The summed E-state index contributed by atoms with van der Waals surface area (Å²) in [6, 6.07) is 6.22. The lowest BCUT2D eigenvalue weighted by atomic mass is 9.94. The minimum atomic E-state index is -3.40. The molecule has 2 aromatic rings. The van der Waals surface area contributed by atoms with Crippen molar-refractivity contribution in [3.63, 3.8) is 0 Å². The number of carbonyl (C=O) groups is 1. The highest BCUT2D eigenvalue weighted by molar-refractivity contribution is 7.88. The molecule has 0 N–H and O–H groups in total. The van der Waals surface area contributed by atoms with Crippen LogP contribution in [-0.2, 0) is 21.2 Å². The number of nitrogens with zero attached hydrogens (tertiary/aromatic N) is 4. The highest BCUT2D eigenvalue weighted by atomic mass is 32.2. The largest absolute Gasteiger partial charge is 0.341 e. The number of sulfonamides is 1. The molecular weight excluding hydrogens is 387 g/mol. The van der Waals surface area contributed by atoms with Crippen molar-refractivity contribution in [3.8, 4) is 11.4 Å². The SMILES string of the molecule is CN(CC(=O)N1CCC[C@@H](Cc2nc(-c3ccccc3F)no2)C1)S(C)(=O)=O. The van der Waals surface area contributed by atoms with Crippen LogP contribution in [0.3, 0.4) is 0 Å². The fraction of sp³-hybridized carbons (Fsp3) is 0.500. The molecule has 8 nitrogen and oxygen atoms in total. The van der Waals surface area contributed by atoms with Crippen molar-refractivity contribution in [3.05, 3.63) is 36.0 Å². The van der Waals surface area contributed by atoms with E-state index in [2.05, 4.69) is 10.1 Å². The maximum Gasteiger partial charge on any atom is 0.237 e. The predicted octanol–water partition coefficient (Wildman–Crippen LogP) is 1.55. The number of amides is 1. The maximum absolute atomic E-state index is 13.9. The Morgan fingerprint density at radius 2 is 2.14 bits per heavy atom. The molecule has 0 unspecified atom stereocenters. The van der Waals surface area contributed by atoms with Crippen LogP contribution in [0, 0.1) is 11.7 Å². The molecule has 2 heterocycles. The molecule has 0 saturated carbocycles. The maximum atomic E-state index is 13.9. The molecule has 0 aliphatic carbocycles. The molecule has 1 aliphatic rings. The normalized spacial score (nSPS) is 17.9. The van der Waals surface area contributed by atoms with E-state index in [1.54, 1.807) is 23.1 Å². The van der Waals surface area contributed by atoms with Crippen LogP contribution in [0.4, 0.5) is 4.39 Å². The van der Waals surface area contributed by atoms with E-state index in [-0.39, 0.29) is 29.8 Å². The first-order valence-corrected chi connectivity index (χ1v) is 10.9. The van der Waals surface area contributed by atoms with Crippen molar-refractivity contribution in [2.75, 3.05) is 32.9 Å². The third-order valence-corrected chi connectivity index (χ3v) is 6.10. The fourth-order valence-electron chi connectivity index (χ4n) is 3.20. The van der Waals surface area contributed by atoms with Crippen molar-refractivity contribution in [2.45, 2.75) is 19.3 Å². The standard InChI is InChI=1S/C18H23FN4O4S/c1-22(28(2,25)26)12-17(24)23-9-5-6-13(11-23)10-16-20-18(21-27-16)14-7-3-4-8-15(14)19/h3-4,7-8,13H,5-6,9-12H2,1-2H3/t13-/m0/s1. The van der Waals surface area contributed by atoms with Crippen LogP contribution in [0.2, 0.25) is 0 Å². The van der Waals surface area contributed by atoms with E-state index >= 15 is 0 Å². The van der Waals surface area contributed by atoms with Gasteiger partial charge in [0.1, 0.15) is 5.82 Å². The predicted molar refractivity (Wildman–Crippen MR) is 100 cm³/mol. The van der Waals surface area contributed by atoms with E-state index in [0.717, 1.165) is 23.4 Å². The molecule has 1 fully saturated rings. The molecule has 1 aromatic heterocycles. The number of hydrogen-bond donors (Lipinski definition) is 0. The Hall–Kier alpha value is -2.33. The van der Waals surface area contributed by atoms with Crippen molar-refractivity contribution in [1.82, 2.24) is 19.3 Å². The van der Waals surface area contributed by atoms with Crippen LogP contribution in [0.5, 0.6) is 0 Å². The van der Waals surface area contributed by atoms with Gasteiger partial charge in [-0.3, -0.25) is 4.79 Å². The van der Waals surface area contributed by atoms with E-state index in [9.17, 15) is 17.6 Å². The third-order valence-electron chi connectivity index (χ3n) is 4.84. The second kappa shape index (κ2) is 8.36. The summed E-state index contributed by atoms with van der Waals surface area (Å²) in [6.45, 7) is 0.911. The molecular formula is C18H23FN4O4S. The fourth-order valence-corrected chi connectivity index (χ4v) is 3.55. The number of carbonyl (C=O) groups excluding carboxylic acids is 1. The van der Waals surface area contributed by atoms with Gasteiger partial charge in [0.25, 0.3) is 0 Å². The highest BCUT2D eigenvalue weighted by Gasteiger charge is 2.27. The molecule has 152 valence electrons. The van der Waals surface area contributed by atoms with E-state index in [1.165, 1.54) is 13.1 Å². The lowest BCUT2D eigenvalue weighted by Gasteiger charge is -2.33. The smallest absolute Gasteiger partial charge is 0.237 e. The summed E-state index contributed by atoms with van der Waals surface area (Å²) < 4.78 is 43.2.